The van der Waals surface area contributed by atoms with E-state index < -0.39 is 58.0 Å². The minimum atomic E-state index is -2.66. The molecule has 2 aromatic carbocycles. The highest BCUT2D eigenvalue weighted by atomic mass is 16.5. The van der Waals surface area contributed by atoms with Crippen LogP contribution in [-0.4, -0.2) is 75.6 Å². The van der Waals surface area contributed by atoms with Crippen molar-refractivity contribution in [2.75, 3.05) is 21.2 Å². The fraction of sp³-hybridized carbons (Fsp3) is 0.321. The van der Waals surface area contributed by atoms with Crippen molar-refractivity contribution < 1.29 is 39.5 Å². The normalized spacial score (nSPS) is 26.7. The number of primary amides is 1. The topological polar surface area (TPSA) is 171 Å². The lowest BCUT2D eigenvalue weighted by atomic mass is 9.58. The van der Waals surface area contributed by atoms with Crippen LogP contribution in [0.25, 0.3) is 11.1 Å². The van der Waals surface area contributed by atoms with E-state index in [0.717, 1.165) is 5.56 Å². The van der Waals surface area contributed by atoms with Gasteiger partial charge in [-0.2, -0.15) is 0 Å². The number of nitrogens with zero attached hydrogens (tertiary/aromatic N) is 1. The molecule has 0 aliphatic heterocycles. The molecule has 3 aliphatic carbocycles. The van der Waals surface area contributed by atoms with Crippen molar-refractivity contribution in [2.24, 2.45) is 17.6 Å². The zero-order valence-electron chi connectivity index (χ0n) is 21.1. The lowest BCUT2D eigenvalue weighted by molar-refractivity contribution is -0.148. The number of ether oxygens (including phenoxy) is 1. The van der Waals surface area contributed by atoms with Gasteiger partial charge in [0.05, 0.1) is 18.7 Å². The fourth-order valence-corrected chi connectivity index (χ4v) is 6.29. The molecule has 38 heavy (non-hydrogen) atoms. The minimum absolute atomic E-state index is 0.0286. The third-order valence-electron chi connectivity index (χ3n) is 8.01. The lowest BCUT2D eigenvalue weighted by Crippen LogP contribution is -2.63. The summed E-state index contributed by atoms with van der Waals surface area (Å²) in [6.07, 6.45) is 0.244. The van der Waals surface area contributed by atoms with Gasteiger partial charge in [0.15, 0.2) is 11.4 Å². The summed E-state index contributed by atoms with van der Waals surface area (Å²) in [5.74, 6) is -6.08. The van der Waals surface area contributed by atoms with Gasteiger partial charge in [0.1, 0.15) is 28.6 Å². The molecule has 1 amide bonds. The zero-order valence-corrected chi connectivity index (χ0v) is 21.1. The maximum atomic E-state index is 13.8. The number of likely N-dealkylation sites (N-methyl/N-ethyl adjacent to an activating group) is 1. The molecule has 5 rings (SSSR count). The molecule has 0 spiro atoms. The van der Waals surface area contributed by atoms with E-state index in [0.29, 0.717) is 16.9 Å². The van der Waals surface area contributed by atoms with Crippen molar-refractivity contribution in [2.45, 2.75) is 24.5 Å². The standard InChI is InChI=1S/C28H28N2O8/c1-30(2)22-17-11-13-10-16-15(12-4-6-14(38-3)7-5-12)8-9-18(31)20(16)23(32)19(13)25(34)28(17,37)26(35)21(24(22)33)27(29)36/h4-9,13,17,22,31,33-34,37H,10-11H2,1-3H3,(H2,29,36). The predicted molar refractivity (Wildman–Crippen MR) is 136 cm³/mol. The number of carbonyl (C=O) groups is 3. The number of hydrogen-bond donors (Lipinski definition) is 5. The first-order chi connectivity index (χ1) is 17.9. The van der Waals surface area contributed by atoms with Crippen LogP contribution in [0.4, 0.5) is 0 Å². The Hall–Kier alpha value is -4.15. The molecule has 2 aromatic rings. The third-order valence-corrected chi connectivity index (χ3v) is 8.01. The summed E-state index contributed by atoms with van der Waals surface area (Å²) >= 11 is 0. The number of phenols is 1. The molecule has 10 heteroatoms. The second kappa shape index (κ2) is 8.71. The van der Waals surface area contributed by atoms with Crippen LogP contribution in [0, 0.1) is 11.8 Å². The Bertz CT molecular complexity index is 1460. The average Bonchev–Trinajstić information content (AvgIpc) is 2.86. The van der Waals surface area contributed by atoms with E-state index in [4.69, 9.17) is 10.5 Å². The van der Waals surface area contributed by atoms with Crippen molar-refractivity contribution in [1.29, 1.82) is 0 Å². The number of rotatable bonds is 4. The van der Waals surface area contributed by atoms with E-state index in [-0.39, 0.29) is 29.7 Å². The van der Waals surface area contributed by atoms with Crippen LogP contribution in [0.15, 0.2) is 59.1 Å². The number of benzene rings is 2. The highest BCUT2D eigenvalue weighted by Gasteiger charge is 2.63. The number of Topliss-reactive ketones (excluding diaryl/α,β-unsaturated/α-hetero) is 2. The number of fused-ring (bicyclic) bond motifs is 3. The second-order valence-electron chi connectivity index (χ2n) is 10.2. The van der Waals surface area contributed by atoms with Crippen LogP contribution < -0.4 is 10.5 Å². The third kappa shape index (κ3) is 3.37. The van der Waals surface area contributed by atoms with E-state index in [1.807, 2.05) is 12.1 Å². The molecule has 198 valence electrons. The van der Waals surface area contributed by atoms with Crippen molar-refractivity contribution in [1.82, 2.24) is 4.90 Å². The van der Waals surface area contributed by atoms with E-state index in [9.17, 15) is 34.8 Å². The quantitative estimate of drug-likeness (QED) is 0.377. The minimum Gasteiger partial charge on any atom is -0.510 e. The molecule has 6 N–H and O–H groups in total. The van der Waals surface area contributed by atoms with Crippen LogP contribution >= 0.6 is 0 Å². The van der Waals surface area contributed by atoms with Gasteiger partial charge in [-0.15, -0.1) is 0 Å². The summed E-state index contributed by atoms with van der Waals surface area (Å²) in [6.45, 7) is 0. The van der Waals surface area contributed by atoms with E-state index in [2.05, 4.69) is 0 Å². The molecule has 4 atom stereocenters. The van der Waals surface area contributed by atoms with Gasteiger partial charge < -0.3 is 30.9 Å². The first kappa shape index (κ1) is 25.5. The Labute approximate surface area is 218 Å². The average molecular weight is 521 g/mol. The van der Waals surface area contributed by atoms with E-state index >= 15 is 0 Å². The molecule has 4 unspecified atom stereocenters. The number of ketones is 2. The number of allylic oxidation sites excluding steroid dienone is 1. The number of carbonyl (C=O) groups excluding carboxylic acids is 3. The number of phenolic OH excluding ortho intramolecular Hbond substituents is 1. The molecule has 0 bridgehead atoms. The summed E-state index contributed by atoms with van der Waals surface area (Å²) in [6, 6.07) is 9.26. The summed E-state index contributed by atoms with van der Waals surface area (Å²) < 4.78 is 5.23. The van der Waals surface area contributed by atoms with Crippen LogP contribution in [0.3, 0.4) is 0 Å². The van der Waals surface area contributed by atoms with E-state index in [1.54, 1.807) is 39.4 Å². The Morgan fingerprint density at radius 2 is 1.74 bits per heavy atom. The molecular weight excluding hydrogens is 492 g/mol. The van der Waals surface area contributed by atoms with Crippen molar-refractivity contribution in [3.8, 4) is 22.6 Å². The maximum Gasteiger partial charge on any atom is 0.255 e. The summed E-state index contributed by atoms with van der Waals surface area (Å²) in [7, 11) is 4.73. The van der Waals surface area contributed by atoms with Crippen LogP contribution in [0.2, 0.25) is 0 Å². The fourth-order valence-electron chi connectivity index (χ4n) is 6.29. The molecule has 0 fully saturated rings. The Balaban J connectivity index is 1.70. The molecule has 0 saturated heterocycles. The molecule has 0 aromatic heterocycles. The number of aromatic hydroxyl groups is 1. The Morgan fingerprint density at radius 3 is 2.32 bits per heavy atom. The molecule has 10 nitrogen and oxygen atoms in total. The van der Waals surface area contributed by atoms with Crippen LogP contribution in [0.1, 0.15) is 22.3 Å². The van der Waals surface area contributed by atoms with Gasteiger partial charge in [-0.25, -0.2) is 0 Å². The van der Waals surface area contributed by atoms with Crippen molar-refractivity contribution in [3.63, 3.8) is 0 Å². The Morgan fingerprint density at radius 1 is 1.08 bits per heavy atom. The molecule has 3 aliphatic rings. The number of aliphatic hydroxyl groups is 3. The van der Waals surface area contributed by atoms with Gasteiger partial charge in [-0.05, 0) is 67.7 Å². The summed E-state index contributed by atoms with van der Waals surface area (Å²) in [5.41, 5.74) is 3.70. The highest BCUT2D eigenvalue weighted by molar-refractivity contribution is 6.24. The van der Waals surface area contributed by atoms with Gasteiger partial charge >= 0.3 is 0 Å². The largest absolute Gasteiger partial charge is 0.510 e. The number of aliphatic hydroxyl groups excluding tert-OH is 2. The Kier molecular flexibility index (Phi) is 5.85. The van der Waals surface area contributed by atoms with Gasteiger partial charge in [-0.3, -0.25) is 19.3 Å². The number of hydrogen-bond acceptors (Lipinski definition) is 9. The molecule has 0 heterocycles. The van der Waals surface area contributed by atoms with E-state index in [1.165, 1.54) is 11.0 Å². The monoisotopic (exact) mass is 520 g/mol. The highest BCUT2D eigenvalue weighted by Crippen LogP contribution is 2.53. The molecule has 0 saturated carbocycles. The first-order valence-electron chi connectivity index (χ1n) is 12.1. The first-order valence-corrected chi connectivity index (χ1v) is 12.1. The van der Waals surface area contributed by atoms with Crippen molar-refractivity contribution in [3.05, 3.63) is 70.2 Å². The number of amides is 1. The van der Waals surface area contributed by atoms with Crippen LogP contribution in [0.5, 0.6) is 11.5 Å². The van der Waals surface area contributed by atoms with Gasteiger partial charge in [0.2, 0.25) is 5.78 Å². The summed E-state index contributed by atoms with van der Waals surface area (Å²) in [5, 5.41) is 44.6. The van der Waals surface area contributed by atoms with Crippen LogP contribution in [-0.2, 0) is 16.0 Å². The molecule has 0 radical (unpaired) electrons. The van der Waals surface area contributed by atoms with Gasteiger partial charge in [-0.1, -0.05) is 18.2 Å². The van der Waals surface area contributed by atoms with Crippen molar-refractivity contribution >= 4 is 17.5 Å². The predicted octanol–water partition coefficient (Wildman–Crippen LogP) is 1.80. The van der Waals surface area contributed by atoms with Gasteiger partial charge in [0, 0.05) is 11.5 Å². The summed E-state index contributed by atoms with van der Waals surface area (Å²) in [4.78, 5) is 40.7. The SMILES string of the molecule is COc1ccc(-c2ccc(O)c3c2CC2CC4C(N(C)C)C(O)=C(C(N)=O)C(=O)C4(O)C(O)=C2C3=O)cc1. The smallest absolute Gasteiger partial charge is 0.255 e. The number of methoxy groups -OCH3 is 1. The molecular formula is C28H28N2O8. The maximum absolute atomic E-state index is 13.8. The zero-order chi connectivity index (χ0) is 27.7. The van der Waals surface area contributed by atoms with Gasteiger partial charge in [0.25, 0.3) is 5.91 Å². The second-order valence-corrected chi connectivity index (χ2v) is 10.2. The number of nitrogens with two attached hydrogens (primary N) is 1. The lowest BCUT2D eigenvalue weighted by Gasteiger charge is -2.50.